The second-order valence-electron chi connectivity index (χ2n) is 6.13. The summed E-state index contributed by atoms with van der Waals surface area (Å²) in [5.74, 6) is 0.320. The molecule has 2 saturated heterocycles. The lowest BCUT2D eigenvalue weighted by Crippen LogP contribution is -2.43. The van der Waals surface area contributed by atoms with E-state index in [1.807, 2.05) is 0 Å². The van der Waals surface area contributed by atoms with Crippen LogP contribution >= 0.6 is 11.3 Å². The van der Waals surface area contributed by atoms with Crippen LogP contribution in [0, 0.1) is 6.92 Å². The van der Waals surface area contributed by atoms with Crippen molar-refractivity contribution in [3.63, 3.8) is 0 Å². The van der Waals surface area contributed by atoms with Gasteiger partial charge in [0.15, 0.2) is 0 Å². The van der Waals surface area contributed by atoms with Crippen molar-refractivity contribution in [3.05, 3.63) is 21.9 Å². The highest BCUT2D eigenvalue weighted by Crippen LogP contribution is 2.48. The fourth-order valence-electron chi connectivity index (χ4n) is 3.39. The molecular formula is C15H20N2O2S. The van der Waals surface area contributed by atoms with Crippen LogP contribution in [0.3, 0.4) is 0 Å². The van der Waals surface area contributed by atoms with E-state index in [9.17, 15) is 4.79 Å². The van der Waals surface area contributed by atoms with Gasteiger partial charge in [-0.3, -0.25) is 10.1 Å². The molecule has 1 aromatic rings. The highest BCUT2D eigenvalue weighted by molar-refractivity contribution is 7.12. The van der Waals surface area contributed by atoms with Gasteiger partial charge in [0.05, 0.1) is 0 Å². The Hall–Kier alpha value is -0.910. The van der Waals surface area contributed by atoms with Crippen molar-refractivity contribution in [1.82, 2.24) is 10.2 Å². The monoisotopic (exact) mass is 292 g/mol. The van der Waals surface area contributed by atoms with Crippen LogP contribution in [-0.4, -0.2) is 35.6 Å². The summed E-state index contributed by atoms with van der Waals surface area (Å²) in [5, 5.41) is 3.61. The Morgan fingerprint density at radius 3 is 2.70 bits per heavy atom. The maximum Gasteiger partial charge on any atom is 0.244 e. The van der Waals surface area contributed by atoms with E-state index in [1.165, 1.54) is 9.75 Å². The van der Waals surface area contributed by atoms with Crippen LogP contribution in [0.4, 0.5) is 0 Å². The molecule has 108 valence electrons. The molecular weight excluding hydrogens is 272 g/mol. The van der Waals surface area contributed by atoms with E-state index in [2.05, 4.69) is 29.3 Å². The largest absolute Gasteiger partial charge is 0.381 e. The second kappa shape index (κ2) is 4.55. The zero-order valence-corrected chi connectivity index (χ0v) is 12.5. The molecule has 5 heteroatoms. The van der Waals surface area contributed by atoms with Crippen LogP contribution in [0.15, 0.2) is 12.1 Å². The third-order valence-corrected chi connectivity index (χ3v) is 5.75. The summed E-state index contributed by atoms with van der Waals surface area (Å²) >= 11 is 1.80. The molecule has 0 bridgehead atoms. The summed E-state index contributed by atoms with van der Waals surface area (Å²) in [4.78, 5) is 17.5. The lowest BCUT2D eigenvalue weighted by Gasteiger charge is -2.34. The van der Waals surface area contributed by atoms with Crippen LogP contribution in [0.5, 0.6) is 0 Å². The number of nitrogens with one attached hydrogen (secondary N) is 1. The first-order valence-corrected chi connectivity index (χ1v) is 8.26. The van der Waals surface area contributed by atoms with Gasteiger partial charge in [-0.2, -0.15) is 0 Å². The number of aryl methyl sites for hydroxylation is 1. The van der Waals surface area contributed by atoms with Crippen LogP contribution in [0.1, 0.15) is 41.6 Å². The van der Waals surface area contributed by atoms with Gasteiger partial charge in [-0.1, -0.05) is 0 Å². The number of hydrogen-bond donors (Lipinski definition) is 1. The number of carbonyl (C=O) groups is 1. The van der Waals surface area contributed by atoms with Gasteiger partial charge in [-0.25, -0.2) is 0 Å². The van der Waals surface area contributed by atoms with Gasteiger partial charge in [0.1, 0.15) is 11.7 Å². The SMILES string of the molecule is Cc1ccc(C2NC3(CC3)C(=O)N2C2CCOCC2)s1. The van der Waals surface area contributed by atoms with Crippen molar-refractivity contribution < 1.29 is 9.53 Å². The van der Waals surface area contributed by atoms with E-state index in [0.717, 1.165) is 38.9 Å². The summed E-state index contributed by atoms with van der Waals surface area (Å²) < 4.78 is 5.45. The van der Waals surface area contributed by atoms with Gasteiger partial charge in [0, 0.05) is 29.0 Å². The predicted molar refractivity (Wildman–Crippen MR) is 77.6 cm³/mol. The molecule has 1 saturated carbocycles. The van der Waals surface area contributed by atoms with Gasteiger partial charge in [-0.15, -0.1) is 11.3 Å². The molecule has 1 spiro atoms. The molecule has 1 unspecified atom stereocenters. The van der Waals surface area contributed by atoms with Crippen LogP contribution in [0.25, 0.3) is 0 Å². The Bertz CT molecular complexity index is 532. The van der Waals surface area contributed by atoms with E-state index >= 15 is 0 Å². The van der Waals surface area contributed by atoms with Crippen molar-refractivity contribution in [2.45, 2.75) is 50.4 Å². The van der Waals surface area contributed by atoms with Crippen molar-refractivity contribution in [1.29, 1.82) is 0 Å². The summed E-state index contributed by atoms with van der Waals surface area (Å²) in [6.45, 7) is 3.67. The molecule has 4 nitrogen and oxygen atoms in total. The molecule has 1 N–H and O–H groups in total. The standard InChI is InChI=1S/C15H20N2O2S/c1-10-2-3-12(20-10)13-16-15(6-7-15)14(18)17(13)11-4-8-19-9-5-11/h2-3,11,13,16H,4-9H2,1H3. The Labute approximate surface area is 123 Å². The minimum Gasteiger partial charge on any atom is -0.381 e. The zero-order valence-electron chi connectivity index (χ0n) is 11.7. The third-order valence-electron chi connectivity index (χ3n) is 4.70. The lowest BCUT2D eigenvalue weighted by atomic mass is 10.1. The molecule has 2 aliphatic heterocycles. The second-order valence-corrected chi connectivity index (χ2v) is 7.45. The maximum atomic E-state index is 12.8. The predicted octanol–water partition coefficient (Wildman–Crippen LogP) is 2.20. The van der Waals surface area contributed by atoms with Gasteiger partial charge in [0.25, 0.3) is 0 Å². The molecule has 1 aliphatic carbocycles. The molecule has 0 radical (unpaired) electrons. The van der Waals surface area contributed by atoms with Gasteiger partial charge in [-0.05, 0) is 44.7 Å². The van der Waals surface area contributed by atoms with E-state index in [1.54, 1.807) is 11.3 Å². The highest BCUT2D eigenvalue weighted by atomic mass is 32.1. The van der Waals surface area contributed by atoms with Gasteiger partial charge in [0.2, 0.25) is 5.91 Å². The van der Waals surface area contributed by atoms with Crippen molar-refractivity contribution >= 4 is 17.2 Å². The quantitative estimate of drug-likeness (QED) is 0.908. The minimum absolute atomic E-state index is 0.0757. The molecule has 20 heavy (non-hydrogen) atoms. The number of rotatable bonds is 2. The van der Waals surface area contributed by atoms with Crippen LogP contribution < -0.4 is 5.32 Å². The van der Waals surface area contributed by atoms with Crippen molar-refractivity contribution in [3.8, 4) is 0 Å². The Balaban J connectivity index is 1.66. The fourth-order valence-corrected chi connectivity index (χ4v) is 4.32. The average Bonchev–Trinajstić information content (AvgIpc) is 3.03. The first-order chi connectivity index (χ1) is 9.70. The summed E-state index contributed by atoms with van der Waals surface area (Å²) in [6.07, 6.45) is 3.99. The minimum atomic E-state index is -0.235. The van der Waals surface area contributed by atoms with Crippen LogP contribution in [-0.2, 0) is 9.53 Å². The Morgan fingerprint density at radius 1 is 1.35 bits per heavy atom. The number of amides is 1. The molecule has 1 aromatic heterocycles. The van der Waals surface area contributed by atoms with E-state index < -0.39 is 0 Å². The lowest BCUT2D eigenvalue weighted by molar-refractivity contribution is -0.134. The maximum absolute atomic E-state index is 12.8. The van der Waals surface area contributed by atoms with Crippen molar-refractivity contribution in [2.75, 3.05) is 13.2 Å². The zero-order chi connectivity index (χ0) is 13.7. The molecule has 1 amide bonds. The molecule has 0 aromatic carbocycles. The number of nitrogens with zero attached hydrogens (tertiary/aromatic N) is 1. The summed E-state index contributed by atoms with van der Waals surface area (Å²) in [5.41, 5.74) is -0.235. The molecule has 3 aliphatic rings. The van der Waals surface area contributed by atoms with Gasteiger partial charge >= 0.3 is 0 Å². The molecule has 4 rings (SSSR count). The smallest absolute Gasteiger partial charge is 0.244 e. The molecule has 1 atom stereocenters. The van der Waals surface area contributed by atoms with Gasteiger partial charge < -0.3 is 9.64 Å². The third kappa shape index (κ3) is 1.91. The Kier molecular flexibility index (Phi) is 2.91. The number of carbonyl (C=O) groups excluding carboxylic acids is 1. The molecule has 3 fully saturated rings. The van der Waals surface area contributed by atoms with E-state index in [0.29, 0.717) is 11.9 Å². The van der Waals surface area contributed by atoms with Crippen LogP contribution in [0.2, 0.25) is 0 Å². The number of ether oxygens (including phenoxy) is 1. The average molecular weight is 292 g/mol. The first kappa shape index (κ1) is 12.8. The van der Waals surface area contributed by atoms with E-state index in [-0.39, 0.29) is 11.7 Å². The fraction of sp³-hybridized carbons (Fsp3) is 0.667. The van der Waals surface area contributed by atoms with E-state index in [4.69, 9.17) is 4.74 Å². The highest BCUT2D eigenvalue weighted by Gasteiger charge is 2.60. The number of hydrogen-bond acceptors (Lipinski definition) is 4. The number of thiophene rings is 1. The normalized spacial score (nSPS) is 29.4. The summed E-state index contributed by atoms with van der Waals surface area (Å²) in [6, 6.07) is 4.64. The molecule has 3 heterocycles. The topological polar surface area (TPSA) is 41.6 Å². The van der Waals surface area contributed by atoms with Crippen molar-refractivity contribution in [2.24, 2.45) is 0 Å². The summed E-state index contributed by atoms with van der Waals surface area (Å²) in [7, 11) is 0. The first-order valence-electron chi connectivity index (χ1n) is 7.44. The Morgan fingerprint density at radius 2 is 2.10 bits per heavy atom.